The monoisotopic (exact) mass is 229 g/mol. The average Bonchev–Trinajstić information content (AvgIpc) is 2.65. The third-order valence-corrected chi connectivity index (χ3v) is 4.40. The van der Waals surface area contributed by atoms with Gasteiger partial charge in [-0.25, -0.2) is 8.42 Å². The Morgan fingerprint density at radius 2 is 2.07 bits per heavy atom. The predicted molar refractivity (Wildman–Crippen MR) is 52.5 cm³/mol. The molecule has 0 bridgehead atoms. The molecule has 0 amide bonds. The van der Waals surface area contributed by atoms with Crippen LogP contribution in [0.25, 0.3) is 0 Å². The van der Waals surface area contributed by atoms with Crippen LogP contribution in [0.4, 0.5) is 0 Å². The van der Waals surface area contributed by atoms with Gasteiger partial charge in [-0.2, -0.15) is 0 Å². The summed E-state index contributed by atoms with van der Waals surface area (Å²) >= 11 is 0. The van der Waals surface area contributed by atoms with Gasteiger partial charge in [-0.3, -0.25) is 4.79 Å². The van der Waals surface area contributed by atoms with Crippen LogP contribution in [0, 0.1) is 0 Å². The number of sulfone groups is 1. The van der Waals surface area contributed by atoms with E-state index in [1.807, 2.05) is 0 Å². The Hall–Kier alpha value is -1.17. The minimum Gasteiger partial charge on any atom is -0.360 e. The summed E-state index contributed by atoms with van der Waals surface area (Å²) in [5.74, 6) is 0.865. The van der Waals surface area contributed by atoms with Crippen molar-refractivity contribution in [1.29, 1.82) is 0 Å². The molecule has 6 heteroatoms. The smallest absolute Gasteiger partial charge is 0.155 e. The maximum absolute atomic E-state index is 11.2. The molecular weight excluding hydrogens is 218 g/mol. The largest absolute Gasteiger partial charge is 0.360 e. The van der Waals surface area contributed by atoms with Gasteiger partial charge in [0.1, 0.15) is 15.6 Å². The molecule has 0 aromatic carbocycles. The molecule has 0 saturated carbocycles. The van der Waals surface area contributed by atoms with Gasteiger partial charge in [-0.15, -0.1) is 0 Å². The predicted octanol–water partition coefficient (Wildman–Crippen LogP) is 0.779. The van der Waals surface area contributed by atoms with E-state index in [9.17, 15) is 13.2 Å². The van der Waals surface area contributed by atoms with Crippen LogP contribution < -0.4 is 0 Å². The van der Waals surface area contributed by atoms with Crippen molar-refractivity contribution in [3.05, 3.63) is 17.5 Å². The summed E-state index contributed by atoms with van der Waals surface area (Å²) in [5, 5.41) is 3.55. The molecule has 15 heavy (non-hydrogen) atoms. The lowest BCUT2D eigenvalue weighted by Crippen LogP contribution is -2.22. The van der Waals surface area contributed by atoms with Crippen LogP contribution in [0.3, 0.4) is 0 Å². The van der Waals surface area contributed by atoms with E-state index < -0.39 is 9.84 Å². The lowest BCUT2D eigenvalue weighted by atomic mass is 9.97. The van der Waals surface area contributed by atoms with Crippen LogP contribution in [-0.4, -0.2) is 31.4 Å². The molecular formula is C9H11NO4S. The Morgan fingerprint density at radius 3 is 2.67 bits per heavy atom. The van der Waals surface area contributed by atoms with E-state index in [1.165, 1.54) is 6.20 Å². The highest BCUT2D eigenvalue weighted by Gasteiger charge is 2.28. The zero-order valence-electron chi connectivity index (χ0n) is 8.05. The fourth-order valence-electron chi connectivity index (χ4n) is 1.81. The fourth-order valence-corrected chi connectivity index (χ4v) is 3.30. The Labute approximate surface area is 87.4 Å². The highest BCUT2D eigenvalue weighted by Crippen LogP contribution is 2.30. The molecule has 1 aromatic rings. The van der Waals surface area contributed by atoms with Gasteiger partial charge in [0.15, 0.2) is 6.29 Å². The lowest BCUT2D eigenvalue weighted by Gasteiger charge is -2.19. The normalized spacial score (nSPS) is 21.3. The molecule has 0 atom stereocenters. The van der Waals surface area contributed by atoms with Gasteiger partial charge in [0.2, 0.25) is 0 Å². The summed E-state index contributed by atoms with van der Waals surface area (Å²) in [4.78, 5) is 10.6. The molecule has 1 saturated heterocycles. The first-order valence-corrected chi connectivity index (χ1v) is 6.55. The number of hydrogen-bond acceptors (Lipinski definition) is 5. The van der Waals surface area contributed by atoms with E-state index in [0.29, 0.717) is 30.5 Å². The summed E-state index contributed by atoms with van der Waals surface area (Å²) < 4.78 is 27.4. The van der Waals surface area contributed by atoms with Crippen molar-refractivity contribution in [2.45, 2.75) is 18.8 Å². The van der Waals surface area contributed by atoms with Gasteiger partial charge in [0.25, 0.3) is 0 Å². The average molecular weight is 229 g/mol. The molecule has 1 aliphatic heterocycles. The van der Waals surface area contributed by atoms with E-state index >= 15 is 0 Å². The van der Waals surface area contributed by atoms with E-state index in [0.717, 1.165) is 0 Å². The van der Waals surface area contributed by atoms with E-state index in [2.05, 4.69) is 5.16 Å². The van der Waals surface area contributed by atoms with Crippen LogP contribution >= 0.6 is 0 Å². The molecule has 0 radical (unpaired) electrons. The van der Waals surface area contributed by atoms with Crippen molar-refractivity contribution in [3.63, 3.8) is 0 Å². The van der Waals surface area contributed by atoms with Crippen molar-refractivity contribution in [3.8, 4) is 0 Å². The highest BCUT2D eigenvalue weighted by atomic mass is 32.2. The van der Waals surface area contributed by atoms with Crippen molar-refractivity contribution < 1.29 is 17.7 Å². The second-order valence-electron chi connectivity index (χ2n) is 3.69. The third kappa shape index (κ3) is 2.09. The zero-order chi connectivity index (χ0) is 10.9. The fraction of sp³-hybridized carbons (Fsp3) is 0.556. The van der Waals surface area contributed by atoms with Gasteiger partial charge in [0.05, 0.1) is 23.3 Å². The Morgan fingerprint density at radius 1 is 1.40 bits per heavy atom. The number of rotatable bonds is 2. The maximum atomic E-state index is 11.2. The second kappa shape index (κ2) is 3.77. The van der Waals surface area contributed by atoms with Crippen molar-refractivity contribution in [1.82, 2.24) is 5.16 Å². The first kappa shape index (κ1) is 10.4. The van der Waals surface area contributed by atoms with Crippen LogP contribution in [0.1, 0.15) is 34.9 Å². The molecule has 2 rings (SSSR count). The SMILES string of the molecule is O=Cc1cnoc1C1CCS(=O)(=O)CC1. The summed E-state index contributed by atoms with van der Waals surface area (Å²) in [6.45, 7) is 0. The second-order valence-corrected chi connectivity index (χ2v) is 5.99. The molecule has 1 aliphatic rings. The molecule has 1 aromatic heterocycles. The third-order valence-electron chi connectivity index (χ3n) is 2.68. The molecule has 0 aliphatic carbocycles. The first-order valence-electron chi connectivity index (χ1n) is 4.72. The van der Waals surface area contributed by atoms with Gasteiger partial charge >= 0.3 is 0 Å². The minimum atomic E-state index is -2.88. The van der Waals surface area contributed by atoms with Crippen molar-refractivity contribution >= 4 is 16.1 Å². The molecule has 2 heterocycles. The van der Waals surface area contributed by atoms with Crippen molar-refractivity contribution in [2.75, 3.05) is 11.5 Å². The van der Waals surface area contributed by atoms with Gasteiger partial charge in [0, 0.05) is 5.92 Å². The molecule has 1 fully saturated rings. The summed E-state index contributed by atoms with van der Waals surface area (Å²) in [6.07, 6.45) is 3.08. The molecule has 82 valence electrons. The molecule has 0 N–H and O–H groups in total. The van der Waals surface area contributed by atoms with Gasteiger partial charge < -0.3 is 4.52 Å². The topological polar surface area (TPSA) is 77.2 Å². The number of hydrogen-bond donors (Lipinski definition) is 0. The Bertz CT molecular complexity index is 448. The molecule has 5 nitrogen and oxygen atoms in total. The van der Waals surface area contributed by atoms with Crippen LogP contribution in [0.15, 0.2) is 10.7 Å². The zero-order valence-corrected chi connectivity index (χ0v) is 8.87. The maximum Gasteiger partial charge on any atom is 0.155 e. The summed E-state index contributed by atoms with van der Waals surface area (Å²) in [6, 6.07) is 0. The van der Waals surface area contributed by atoms with Gasteiger partial charge in [-0.05, 0) is 12.8 Å². The minimum absolute atomic E-state index is 0.0104. The lowest BCUT2D eigenvalue weighted by molar-refractivity contribution is 0.112. The first-order chi connectivity index (χ1) is 7.12. The van der Waals surface area contributed by atoms with E-state index in [-0.39, 0.29) is 17.4 Å². The van der Waals surface area contributed by atoms with Crippen molar-refractivity contribution in [2.24, 2.45) is 0 Å². The highest BCUT2D eigenvalue weighted by molar-refractivity contribution is 7.91. The summed E-state index contributed by atoms with van der Waals surface area (Å²) in [5.41, 5.74) is 0.430. The molecule has 0 spiro atoms. The number of carbonyl (C=O) groups excluding carboxylic acids is 1. The van der Waals surface area contributed by atoms with Crippen LogP contribution in [-0.2, 0) is 9.84 Å². The number of carbonyl (C=O) groups is 1. The van der Waals surface area contributed by atoms with Gasteiger partial charge in [-0.1, -0.05) is 5.16 Å². The molecule has 0 unspecified atom stereocenters. The quantitative estimate of drug-likeness (QED) is 0.700. The number of nitrogens with zero attached hydrogens (tertiary/aromatic N) is 1. The Balaban J connectivity index is 2.17. The standard InChI is InChI=1S/C9H11NO4S/c11-6-8-5-10-14-9(8)7-1-3-15(12,13)4-2-7/h5-7H,1-4H2. The Kier molecular flexibility index (Phi) is 2.60. The van der Waals surface area contributed by atoms with E-state index in [1.54, 1.807) is 0 Å². The van der Waals surface area contributed by atoms with Crippen LogP contribution in [0.5, 0.6) is 0 Å². The number of aromatic nitrogens is 1. The van der Waals surface area contributed by atoms with E-state index in [4.69, 9.17) is 4.52 Å². The summed E-state index contributed by atoms with van der Waals surface area (Å²) in [7, 11) is -2.88. The number of aldehydes is 1. The van der Waals surface area contributed by atoms with Crippen LogP contribution in [0.2, 0.25) is 0 Å².